The van der Waals surface area contributed by atoms with E-state index in [1.165, 1.54) is 0 Å². The molecule has 1 aliphatic rings. The summed E-state index contributed by atoms with van der Waals surface area (Å²) in [4.78, 5) is 13.9. The van der Waals surface area contributed by atoms with Crippen molar-refractivity contribution >= 4 is 23.1 Å². The molecule has 0 aliphatic carbocycles. The second-order valence-electron chi connectivity index (χ2n) is 5.19. The third-order valence-electron chi connectivity index (χ3n) is 3.73. The highest BCUT2D eigenvalue weighted by Gasteiger charge is 2.26. The minimum Gasteiger partial charge on any atom is -0.492 e. The number of thiocarbonyl (C=S) groups is 1. The Kier molecular flexibility index (Phi) is 5.52. The lowest BCUT2D eigenvalue weighted by atomic mass is 10.0. The van der Waals surface area contributed by atoms with Crippen molar-refractivity contribution in [2.45, 2.75) is 25.3 Å². The maximum atomic E-state index is 11.4. The van der Waals surface area contributed by atoms with Crippen molar-refractivity contribution in [1.82, 2.24) is 4.90 Å². The molecule has 1 aromatic rings. The Bertz CT molecular complexity index is 504. The molecule has 1 saturated heterocycles. The van der Waals surface area contributed by atoms with Crippen molar-refractivity contribution in [2.75, 3.05) is 19.7 Å². The molecule has 4 N–H and O–H groups in total. The minimum absolute atomic E-state index is 0.153. The summed E-state index contributed by atoms with van der Waals surface area (Å²) in [6, 6.07) is 7.21. The van der Waals surface area contributed by atoms with E-state index in [9.17, 15) is 4.79 Å². The number of rotatable bonds is 6. The maximum absolute atomic E-state index is 11.4. The number of hydrogen-bond acceptors (Lipinski definition) is 4. The Morgan fingerprint density at radius 2 is 2.00 bits per heavy atom. The first-order valence-electron chi connectivity index (χ1n) is 7.14. The number of amides is 1. The van der Waals surface area contributed by atoms with Crippen LogP contribution in [-0.4, -0.2) is 41.5 Å². The average molecular weight is 307 g/mol. The van der Waals surface area contributed by atoms with Crippen LogP contribution in [0.25, 0.3) is 0 Å². The molecule has 1 unspecified atom stereocenters. The standard InChI is InChI=1S/C15H21N3O2S/c16-14(19)13-3-1-2-8-18(13)9-10-20-12-6-4-11(5-7-12)15(17)21/h4-7,13H,1-3,8-10H2,(H2,16,19)(H2,17,21). The third kappa shape index (κ3) is 4.41. The summed E-state index contributed by atoms with van der Waals surface area (Å²) < 4.78 is 5.69. The number of carbonyl (C=O) groups is 1. The lowest BCUT2D eigenvalue weighted by molar-refractivity contribution is -0.124. The Morgan fingerprint density at radius 3 is 2.62 bits per heavy atom. The van der Waals surface area contributed by atoms with Crippen molar-refractivity contribution < 1.29 is 9.53 Å². The van der Waals surface area contributed by atoms with E-state index in [1.807, 2.05) is 24.3 Å². The number of primary amides is 1. The van der Waals surface area contributed by atoms with E-state index in [4.69, 9.17) is 28.4 Å². The Morgan fingerprint density at radius 1 is 1.29 bits per heavy atom. The van der Waals surface area contributed by atoms with E-state index in [0.717, 1.165) is 37.1 Å². The average Bonchev–Trinajstić information content (AvgIpc) is 2.48. The van der Waals surface area contributed by atoms with Gasteiger partial charge in [-0.1, -0.05) is 18.6 Å². The molecule has 5 nitrogen and oxygen atoms in total. The van der Waals surface area contributed by atoms with Gasteiger partial charge in [0, 0.05) is 12.1 Å². The van der Waals surface area contributed by atoms with Crippen molar-refractivity contribution in [2.24, 2.45) is 11.5 Å². The summed E-state index contributed by atoms with van der Waals surface area (Å²) >= 11 is 4.90. The first-order chi connectivity index (χ1) is 10.1. The van der Waals surface area contributed by atoms with Crippen LogP contribution >= 0.6 is 12.2 Å². The SMILES string of the molecule is NC(=O)C1CCCCN1CCOc1ccc(C(N)=S)cc1. The summed E-state index contributed by atoms with van der Waals surface area (Å²) in [5, 5.41) is 0. The fourth-order valence-electron chi connectivity index (χ4n) is 2.58. The van der Waals surface area contributed by atoms with Crippen LogP contribution in [0.3, 0.4) is 0 Å². The zero-order valence-corrected chi connectivity index (χ0v) is 12.8. The molecular formula is C15H21N3O2S. The highest BCUT2D eigenvalue weighted by atomic mass is 32.1. The third-order valence-corrected chi connectivity index (χ3v) is 3.96. The number of carbonyl (C=O) groups excluding carboxylic acids is 1. The zero-order valence-electron chi connectivity index (χ0n) is 12.0. The van der Waals surface area contributed by atoms with Gasteiger partial charge in [0.15, 0.2) is 0 Å². The number of piperidine rings is 1. The maximum Gasteiger partial charge on any atom is 0.234 e. The largest absolute Gasteiger partial charge is 0.492 e. The van der Waals surface area contributed by atoms with Gasteiger partial charge in [-0.25, -0.2) is 0 Å². The molecule has 1 atom stereocenters. The van der Waals surface area contributed by atoms with E-state index < -0.39 is 0 Å². The van der Waals surface area contributed by atoms with Crippen molar-refractivity contribution in [3.63, 3.8) is 0 Å². The molecule has 21 heavy (non-hydrogen) atoms. The van der Waals surface area contributed by atoms with Crippen LogP contribution in [0.1, 0.15) is 24.8 Å². The number of likely N-dealkylation sites (tertiary alicyclic amines) is 1. The lowest BCUT2D eigenvalue weighted by Crippen LogP contribution is -2.48. The van der Waals surface area contributed by atoms with Crippen molar-refractivity contribution in [1.29, 1.82) is 0 Å². The fraction of sp³-hybridized carbons (Fsp3) is 0.467. The second kappa shape index (κ2) is 7.38. The van der Waals surface area contributed by atoms with Gasteiger partial charge < -0.3 is 16.2 Å². The quantitative estimate of drug-likeness (QED) is 0.768. The Balaban J connectivity index is 1.82. The van der Waals surface area contributed by atoms with Crippen LogP contribution in [0.5, 0.6) is 5.75 Å². The Hall–Kier alpha value is -1.66. The summed E-state index contributed by atoms with van der Waals surface area (Å²) in [5.41, 5.74) is 11.8. The van der Waals surface area contributed by atoms with Crippen molar-refractivity contribution in [3.05, 3.63) is 29.8 Å². The molecule has 6 heteroatoms. The van der Waals surface area contributed by atoms with Gasteiger partial charge in [-0.3, -0.25) is 9.69 Å². The van der Waals surface area contributed by atoms with Gasteiger partial charge in [0.2, 0.25) is 5.91 Å². The van der Waals surface area contributed by atoms with Gasteiger partial charge >= 0.3 is 0 Å². The van der Waals surface area contributed by atoms with Crippen LogP contribution < -0.4 is 16.2 Å². The molecule has 1 aliphatic heterocycles. The second-order valence-corrected chi connectivity index (χ2v) is 5.63. The molecule has 0 aromatic heterocycles. The lowest BCUT2D eigenvalue weighted by Gasteiger charge is -2.33. The van der Waals surface area contributed by atoms with E-state index in [1.54, 1.807) is 0 Å². The molecule has 1 heterocycles. The van der Waals surface area contributed by atoms with E-state index in [2.05, 4.69) is 4.90 Å². The summed E-state index contributed by atoms with van der Waals surface area (Å²) in [6.45, 7) is 2.12. The van der Waals surface area contributed by atoms with Crippen LogP contribution in [0.2, 0.25) is 0 Å². The predicted molar refractivity (Wildman–Crippen MR) is 86.2 cm³/mol. The van der Waals surface area contributed by atoms with Gasteiger partial charge in [0.1, 0.15) is 17.3 Å². The number of hydrogen-bond donors (Lipinski definition) is 2. The molecule has 0 saturated carbocycles. The molecule has 0 bridgehead atoms. The zero-order chi connectivity index (χ0) is 15.2. The highest BCUT2D eigenvalue weighted by Crippen LogP contribution is 2.17. The number of nitrogens with zero attached hydrogens (tertiary/aromatic N) is 1. The normalized spacial score (nSPS) is 19.1. The summed E-state index contributed by atoms with van der Waals surface area (Å²) in [7, 11) is 0. The van der Waals surface area contributed by atoms with E-state index >= 15 is 0 Å². The molecule has 114 valence electrons. The van der Waals surface area contributed by atoms with Gasteiger partial charge in [0.05, 0.1) is 6.04 Å². The monoisotopic (exact) mass is 307 g/mol. The smallest absolute Gasteiger partial charge is 0.234 e. The van der Waals surface area contributed by atoms with Gasteiger partial charge in [0.25, 0.3) is 0 Å². The molecule has 0 spiro atoms. The number of benzene rings is 1. The number of nitrogens with two attached hydrogens (primary N) is 2. The predicted octanol–water partition coefficient (Wildman–Crippen LogP) is 1.04. The topological polar surface area (TPSA) is 81.6 Å². The van der Waals surface area contributed by atoms with E-state index in [-0.39, 0.29) is 11.9 Å². The fourth-order valence-corrected chi connectivity index (χ4v) is 2.71. The number of ether oxygens (including phenoxy) is 1. The molecule has 0 radical (unpaired) electrons. The molecule has 1 fully saturated rings. The van der Waals surface area contributed by atoms with Crippen LogP contribution in [0.15, 0.2) is 24.3 Å². The van der Waals surface area contributed by atoms with E-state index in [0.29, 0.717) is 18.1 Å². The van der Waals surface area contributed by atoms with Gasteiger partial charge in [-0.2, -0.15) is 0 Å². The Labute approximate surface area is 130 Å². The molecule has 1 aromatic carbocycles. The molecule has 1 amide bonds. The first-order valence-corrected chi connectivity index (χ1v) is 7.55. The van der Waals surface area contributed by atoms with Crippen LogP contribution in [0, 0.1) is 0 Å². The van der Waals surface area contributed by atoms with Crippen LogP contribution in [0.4, 0.5) is 0 Å². The summed E-state index contributed by atoms with van der Waals surface area (Å²) in [5.74, 6) is 0.526. The first kappa shape index (κ1) is 15.7. The summed E-state index contributed by atoms with van der Waals surface area (Å²) in [6.07, 6.45) is 3.01. The van der Waals surface area contributed by atoms with Gasteiger partial charge in [-0.05, 0) is 43.7 Å². The highest BCUT2D eigenvalue weighted by molar-refractivity contribution is 7.80. The minimum atomic E-state index is -0.240. The molecular weight excluding hydrogens is 286 g/mol. The molecule has 2 rings (SSSR count). The van der Waals surface area contributed by atoms with Gasteiger partial charge in [-0.15, -0.1) is 0 Å². The van der Waals surface area contributed by atoms with Crippen molar-refractivity contribution in [3.8, 4) is 5.75 Å². The van der Waals surface area contributed by atoms with Crippen LogP contribution in [-0.2, 0) is 4.79 Å².